The molecule has 0 aromatic heterocycles. The molecule has 1 atom stereocenters. The molecule has 1 aliphatic carbocycles. The zero-order valence-corrected chi connectivity index (χ0v) is 17.6. The third kappa shape index (κ3) is 4.33. The Bertz CT molecular complexity index is 1030. The molecule has 2 aliphatic rings. The van der Waals surface area contributed by atoms with E-state index in [9.17, 15) is 19.1 Å². The zero-order chi connectivity index (χ0) is 22.0. The molecule has 4 rings (SSSR count). The molecule has 162 valence electrons. The highest BCUT2D eigenvalue weighted by atomic mass is 19.1. The highest BCUT2D eigenvalue weighted by molar-refractivity contribution is 6.24. The summed E-state index contributed by atoms with van der Waals surface area (Å²) in [4.78, 5) is 25.2. The van der Waals surface area contributed by atoms with Gasteiger partial charge in [0.25, 0.3) is 11.8 Å². The van der Waals surface area contributed by atoms with E-state index >= 15 is 0 Å². The number of hydrogen-bond acceptors (Lipinski definition) is 3. The van der Waals surface area contributed by atoms with Gasteiger partial charge in [-0.3, -0.25) is 9.59 Å². The molecule has 1 heterocycles. The third-order valence-corrected chi connectivity index (χ3v) is 6.35. The SMILES string of the molecule is CC1(Cc2ccccc2F)NC(=O)C(C(=O)Nc2ccc(C3CCCCC3)cc2)=C1O. The van der Waals surface area contributed by atoms with E-state index in [4.69, 9.17) is 0 Å². The predicted octanol–water partition coefficient (Wildman–Crippen LogP) is 4.76. The van der Waals surface area contributed by atoms with Crippen LogP contribution in [-0.4, -0.2) is 22.5 Å². The first kappa shape index (κ1) is 21.1. The number of rotatable bonds is 5. The maximum absolute atomic E-state index is 14.1. The number of aliphatic hydroxyl groups excluding tert-OH is 1. The molecule has 2 aromatic carbocycles. The van der Waals surface area contributed by atoms with Crippen molar-refractivity contribution in [2.45, 2.75) is 56.9 Å². The molecule has 2 amide bonds. The van der Waals surface area contributed by atoms with Crippen LogP contribution in [0.15, 0.2) is 59.9 Å². The van der Waals surface area contributed by atoms with Gasteiger partial charge in [0.15, 0.2) is 0 Å². The van der Waals surface area contributed by atoms with Gasteiger partial charge in [0.05, 0.1) is 5.54 Å². The number of anilines is 1. The molecule has 1 unspecified atom stereocenters. The van der Waals surface area contributed by atoms with Crippen molar-refractivity contribution in [3.8, 4) is 0 Å². The van der Waals surface area contributed by atoms with Gasteiger partial charge in [0, 0.05) is 12.1 Å². The minimum Gasteiger partial charge on any atom is -0.509 e. The van der Waals surface area contributed by atoms with Gasteiger partial charge in [0.2, 0.25) is 0 Å². The van der Waals surface area contributed by atoms with Crippen LogP contribution < -0.4 is 10.6 Å². The Labute approximate surface area is 181 Å². The monoisotopic (exact) mass is 422 g/mol. The number of hydrogen-bond donors (Lipinski definition) is 3. The molecule has 0 spiro atoms. The average Bonchev–Trinajstić information content (AvgIpc) is 2.99. The topological polar surface area (TPSA) is 78.4 Å². The Kier molecular flexibility index (Phi) is 5.81. The van der Waals surface area contributed by atoms with Crippen molar-refractivity contribution in [1.29, 1.82) is 0 Å². The normalized spacial score (nSPS) is 21.8. The van der Waals surface area contributed by atoms with Crippen LogP contribution in [0.5, 0.6) is 0 Å². The van der Waals surface area contributed by atoms with E-state index in [0.29, 0.717) is 17.2 Å². The maximum atomic E-state index is 14.1. The number of benzene rings is 2. The molecular weight excluding hydrogens is 395 g/mol. The molecule has 0 saturated heterocycles. The van der Waals surface area contributed by atoms with Gasteiger partial charge in [-0.15, -0.1) is 0 Å². The van der Waals surface area contributed by atoms with Crippen LogP contribution in [-0.2, 0) is 16.0 Å². The zero-order valence-electron chi connectivity index (χ0n) is 17.6. The maximum Gasteiger partial charge on any atom is 0.264 e. The van der Waals surface area contributed by atoms with Crippen LogP contribution >= 0.6 is 0 Å². The number of halogens is 1. The summed E-state index contributed by atoms with van der Waals surface area (Å²) in [7, 11) is 0. The number of amides is 2. The third-order valence-electron chi connectivity index (χ3n) is 6.35. The lowest BCUT2D eigenvalue weighted by atomic mass is 9.84. The first-order chi connectivity index (χ1) is 14.9. The van der Waals surface area contributed by atoms with Crippen LogP contribution in [0.25, 0.3) is 0 Å². The molecular formula is C25H27FN2O3. The van der Waals surface area contributed by atoms with Crippen molar-refractivity contribution in [3.05, 3.63) is 76.8 Å². The van der Waals surface area contributed by atoms with E-state index in [0.717, 1.165) is 0 Å². The average molecular weight is 423 g/mol. The van der Waals surface area contributed by atoms with Gasteiger partial charge in [-0.1, -0.05) is 49.6 Å². The Balaban J connectivity index is 1.49. The van der Waals surface area contributed by atoms with Gasteiger partial charge < -0.3 is 15.7 Å². The molecule has 6 heteroatoms. The first-order valence-corrected chi connectivity index (χ1v) is 10.8. The smallest absolute Gasteiger partial charge is 0.264 e. The summed E-state index contributed by atoms with van der Waals surface area (Å²) < 4.78 is 14.1. The summed E-state index contributed by atoms with van der Waals surface area (Å²) in [5.41, 5.74) is 0.569. The highest BCUT2D eigenvalue weighted by Crippen LogP contribution is 2.33. The van der Waals surface area contributed by atoms with E-state index in [-0.39, 0.29) is 17.8 Å². The van der Waals surface area contributed by atoms with Crippen LogP contribution in [0.3, 0.4) is 0 Å². The summed E-state index contributed by atoms with van der Waals surface area (Å²) >= 11 is 0. The van der Waals surface area contributed by atoms with Crippen LogP contribution in [0, 0.1) is 5.82 Å². The first-order valence-electron chi connectivity index (χ1n) is 10.8. The summed E-state index contributed by atoms with van der Waals surface area (Å²) in [5, 5.41) is 16.0. The van der Waals surface area contributed by atoms with E-state index in [1.54, 1.807) is 25.1 Å². The number of carbonyl (C=O) groups is 2. The minimum atomic E-state index is -1.25. The van der Waals surface area contributed by atoms with Crippen molar-refractivity contribution in [3.63, 3.8) is 0 Å². The van der Waals surface area contributed by atoms with Crippen LogP contribution in [0.2, 0.25) is 0 Å². The quantitative estimate of drug-likeness (QED) is 0.608. The summed E-state index contributed by atoms with van der Waals surface area (Å²) in [6.45, 7) is 1.58. The second-order valence-corrected chi connectivity index (χ2v) is 8.69. The van der Waals surface area contributed by atoms with Gasteiger partial charge in [-0.2, -0.15) is 0 Å². The van der Waals surface area contributed by atoms with E-state index in [1.165, 1.54) is 43.7 Å². The summed E-state index contributed by atoms with van der Waals surface area (Å²) in [6.07, 6.45) is 6.19. The fourth-order valence-electron chi connectivity index (χ4n) is 4.59. The Morgan fingerprint density at radius 1 is 1.13 bits per heavy atom. The van der Waals surface area contributed by atoms with Crippen LogP contribution in [0.4, 0.5) is 10.1 Å². The van der Waals surface area contributed by atoms with Crippen molar-refractivity contribution in [2.75, 3.05) is 5.32 Å². The van der Waals surface area contributed by atoms with Gasteiger partial charge >= 0.3 is 0 Å². The molecule has 1 saturated carbocycles. The number of nitrogens with one attached hydrogen (secondary N) is 2. The standard InChI is InChI=1S/C25H27FN2O3/c1-25(15-18-9-5-6-10-20(18)26)22(29)21(24(31)28-25)23(30)27-19-13-11-17(12-14-19)16-7-3-2-4-8-16/h5-6,9-14,16,29H,2-4,7-8,15H2,1H3,(H,27,30)(H,28,31). The van der Waals surface area contributed by atoms with Crippen molar-refractivity contribution in [1.82, 2.24) is 5.32 Å². The predicted molar refractivity (Wildman–Crippen MR) is 117 cm³/mol. The molecule has 1 aliphatic heterocycles. The summed E-state index contributed by atoms with van der Waals surface area (Å²) in [5.74, 6) is -1.60. The highest BCUT2D eigenvalue weighted by Gasteiger charge is 2.45. The second kappa shape index (κ2) is 8.53. The fraction of sp³-hybridized carbons (Fsp3) is 0.360. The van der Waals surface area contributed by atoms with Crippen LogP contribution in [0.1, 0.15) is 56.1 Å². The second-order valence-electron chi connectivity index (χ2n) is 8.69. The van der Waals surface area contributed by atoms with Crippen molar-refractivity contribution < 1.29 is 19.1 Å². The number of carbonyl (C=O) groups excluding carboxylic acids is 2. The molecule has 5 nitrogen and oxygen atoms in total. The lowest BCUT2D eigenvalue weighted by Gasteiger charge is -2.25. The lowest BCUT2D eigenvalue weighted by molar-refractivity contribution is -0.121. The number of aliphatic hydroxyl groups is 1. The minimum absolute atomic E-state index is 0.0319. The summed E-state index contributed by atoms with van der Waals surface area (Å²) in [6, 6.07) is 13.8. The fourth-order valence-corrected chi connectivity index (χ4v) is 4.59. The molecule has 2 aromatic rings. The molecule has 3 N–H and O–H groups in total. The lowest BCUT2D eigenvalue weighted by Crippen LogP contribution is -2.44. The Morgan fingerprint density at radius 3 is 2.48 bits per heavy atom. The Hall–Kier alpha value is -3.15. The van der Waals surface area contributed by atoms with Gasteiger partial charge in [0.1, 0.15) is 17.1 Å². The van der Waals surface area contributed by atoms with Gasteiger partial charge in [-0.05, 0) is 55.0 Å². The Morgan fingerprint density at radius 2 is 1.81 bits per heavy atom. The molecule has 0 bridgehead atoms. The molecule has 0 radical (unpaired) electrons. The van der Waals surface area contributed by atoms with Crippen molar-refractivity contribution in [2.24, 2.45) is 0 Å². The van der Waals surface area contributed by atoms with Crippen molar-refractivity contribution >= 4 is 17.5 Å². The molecule has 31 heavy (non-hydrogen) atoms. The van der Waals surface area contributed by atoms with E-state index < -0.39 is 23.2 Å². The largest absolute Gasteiger partial charge is 0.509 e. The van der Waals surface area contributed by atoms with E-state index in [1.807, 2.05) is 24.3 Å². The molecule has 1 fully saturated rings. The van der Waals surface area contributed by atoms with E-state index in [2.05, 4.69) is 10.6 Å². The van der Waals surface area contributed by atoms with Gasteiger partial charge in [-0.25, -0.2) is 4.39 Å².